The maximum absolute atomic E-state index is 5.67. The summed E-state index contributed by atoms with van der Waals surface area (Å²) < 4.78 is 1.29. The van der Waals surface area contributed by atoms with Crippen LogP contribution in [0.25, 0.3) is 10.2 Å². The van der Waals surface area contributed by atoms with E-state index in [2.05, 4.69) is 29.2 Å². The predicted octanol–water partition coefficient (Wildman–Crippen LogP) is 2.81. The van der Waals surface area contributed by atoms with Gasteiger partial charge in [-0.2, -0.15) is 0 Å². The van der Waals surface area contributed by atoms with Crippen LogP contribution < -0.4 is 5.73 Å². The SMILES string of the molecule is Cl.NCCN1CCCC1c1nc2ccccc2s1. The average molecular weight is 284 g/mol. The number of hydrogen-bond acceptors (Lipinski definition) is 4. The van der Waals surface area contributed by atoms with Crippen LogP contribution in [0.1, 0.15) is 23.9 Å². The highest BCUT2D eigenvalue weighted by molar-refractivity contribution is 7.18. The quantitative estimate of drug-likeness (QED) is 0.942. The lowest BCUT2D eigenvalue weighted by molar-refractivity contribution is 0.264. The van der Waals surface area contributed by atoms with Crippen molar-refractivity contribution in [3.8, 4) is 0 Å². The lowest BCUT2D eigenvalue weighted by Gasteiger charge is -2.21. The Morgan fingerprint density at radius 3 is 3.00 bits per heavy atom. The molecule has 2 N–H and O–H groups in total. The molecule has 5 heteroatoms. The molecule has 1 aromatic heterocycles. The van der Waals surface area contributed by atoms with Crippen molar-refractivity contribution >= 4 is 34.0 Å². The molecule has 0 saturated carbocycles. The fourth-order valence-electron chi connectivity index (χ4n) is 2.57. The van der Waals surface area contributed by atoms with E-state index in [1.54, 1.807) is 0 Å². The Hall–Kier alpha value is -0.680. The summed E-state index contributed by atoms with van der Waals surface area (Å²) in [4.78, 5) is 7.23. The lowest BCUT2D eigenvalue weighted by atomic mass is 10.2. The third-order valence-corrected chi connectivity index (χ3v) is 4.51. The van der Waals surface area contributed by atoms with Gasteiger partial charge in [-0.1, -0.05) is 12.1 Å². The first-order chi connectivity index (χ1) is 8.38. The minimum atomic E-state index is 0. The number of rotatable bonds is 3. The van der Waals surface area contributed by atoms with Crippen molar-refractivity contribution in [2.24, 2.45) is 5.73 Å². The standard InChI is InChI=1S/C13H17N3S.ClH/c14-7-9-16-8-3-5-11(16)13-15-10-4-1-2-6-12(10)17-13;/h1-2,4,6,11H,3,5,7-9,14H2;1H. The number of hydrogen-bond donors (Lipinski definition) is 1. The second kappa shape index (κ2) is 5.97. The predicted molar refractivity (Wildman–Crippen MR) is 79.5 cm³/mol. The molecule has 98 valence electrons. The largest absolute Gasteiger partial charge is 0.329 e. The van der Waals surface area contributed by atoms with Crippen molar-refractivity contribution in [1.29, 1.82) is 0 Å². The molecule has 1 atom stereocenters. The summed E-state index contributed by atoms with van der Waals surface area (Å²) in [6.07, 6.45) is 2.49. The van der Waals surface area contributed by atoms with Gasteiger partial charge in [0, 0.05) is 13.1 Å². The van der Waals surface area contributed by atoms with Crippen LogP contribution in [-0.4, -0.2) is 29.5 Å². The van der Waals surface area contributed by atoms with Gasteiger partial charge in [0.2, 0.25) is 0 Å². The molecule has 1 aromatic carbocycles. The third-order valence-electron chi connectivity index (χ3n) is 3.38. The number of halogens is 1. The van der Waals surface area contributed by atoms with Gasteiger partial charge in [0.15, 0.2) is 0 Å². The molecule has 0 radical (unpaired) electrons. The summed E-state index contributed by atoms with van der Waals surface area (Å²) >= 11 is 1.83. The van der Waals surface area contributed by atoms with Crippen molar-refractivity contribution in [2.75, 3.05) is 19.6 Å². The van der Waals surface area contributed by atoms with E-state index in [-0.39, 0.29) is 12.4 Å². The van der Waals surface area contributed by atoms with E-state index in [1.165, 1.54) is 22.5 Å². The number of nitrogens with two attached hydrogens (primary N) is 1. The smallest absolute Gasteiger partial charge is 0.111 e. The first kappa shape index (κ1) is 13.7. The van der Waals surface area contributed by atoms with E-state index in [9.17, 15) is 0 Å². The highest BCUT2D eigenvalue weighted by Gasteiger charge is 2.27. The Morgan fingerprint density at radius 2 is 2.22 bits per heavy atom. The van der Waals surface area contributed by atoms with Gasteiger partial charge >= 0.3 is 0 Å². The molecule has 2 heterocycles. The molecule has 0 bridgehead atoms. The van der Waals surface area contributed by atoms with E-state index in [0.29, 0.717) is 6.04 Å². The molecule has 1 saturated heterocycles. The number of thiazole rings is 1. The maximum atomic E-state index is 5.67. The normalized spacial score (nSPS) is 20.2. The van der Waals surface area contributed by atoms with Crippen LogP contribution in [0.2, 0.25) is 0 Å². The van der Waals surface area contributed by atoms with E-state index in [4.69, 9.17) is 10.7 Å². The molecular formula is C13H18ClN3S. The Labute approximate surface area is 117 Å². The van der Waals surface area contributed by atoms with Gasteiger partial charge in [-0.05, 0) is 31.5 Å². The van der Waals surface area contributed by atoms with Gasteiger partial charge < -0.3 is 5.73 Å². The van der Waals surface area contributed by atoms with Crippen molar-refractivity contribution in [3.05, 3.63) is 29.3 Å². The Kier molecular flexibility index (Phi) is 4.56. The van der Waals surface area contributed by atoms with Crippen molar-refractivity contribution < 1.29 is 0 Å². The number of likely N-dealkylation sites (tertiary alicyclic amines) is 1. The fourth-order valence-corrected chi connectivity index (χ4v) is 3.71. The molecule has 3 nitrogen and oxygen atoms in total. The summed E-state index contributed by atoms with van der Waals surface area (Å²) in [6.45, 7) is 2.89. The molecule has 1 aliphatic heterocycles. The minimum Gasteiger partial charge on any atom is -0.329 e. The monoisotopic (exact) mass is 283 g/mol. The van der Waals surface area contributed by atoms with E-state index in [0.717, 1.165) is 25.2 Å². The van der Waals surface area contributed by atoms with Gasteiger partial charge in [-0.3, -0.25) is 4.90 Å². The Balaban J connectivity index is 0.00000120. The van der Waals surface area contributed by atoms with Crippen LogP contribution in [0.15, 0.2) is 24.3 Å². The lowest BCUT2D eigenvalue weighted by Crippen LogP contribution is -2.28. The molecule has 0 spiro atoms. The van der Waals surface area contributed by atoms with Crippen LogP contribution in [0.5, 0.6) is 0 Å². The highest BCUT2D eigenvalue weighted by Crippen LogP contribution is 2.35. The molecular weight excluding hydrogens is 266 g/mol. The summed E-state index contributed by atoms with van der Waals surface area (Å²) in [7, 11) is 0. The Morgan fingerprint density at radius 1 is 1.39 bits per heavy atom. The molecule has 1 fully saturated rings. The molecule has 2 aromatic rings. The van der Waals surface area contributed by atoms with Crippen LogP contribution in [-0.2, 0) is 0 Å². The Bertz CT molecular complexity index is 481. The highest BCUT2D eigenvalue weighted by atomic mass is 35.5. The van der Waals surface area contributed by atoms with Crippen LogP contribution in [0.3, 0.4) is 0 Å². The van der Waals surface area contributed by atoms with Crippen molar-refractivity contribution in [3.63, 3.8) is 0 Å². The van der Waals surface area contributed by atoms with E-state index in [1.807, 2.05) is 11.3 Å². The van der Waals surface area contributed by atoms with Gasteiger partial charge in [0.05, 0.1) is 16.3 Å². The maximum Gasteiger partial charge on any atom is 0.111 e. The third kappa shape index (κ3) is 2.52. The van der Waals surface area contributed by atoms with Gasteiger partial charge in [-0.15, -0.1) is 23.7 Å². The van der Waals surface area contributed by atoms with Crippen LogP contribution in [0.4, 0.5) is 0 Å². The molecule has 1 aliphatic rings. The number of nitrogens with zero attached hydrogens (tertiary/aromatic N) is 2. The molecule has 3 rings (SSSR count). The topological polar surface area (TPSA) is 42.1 Å². The van der Waals surface area contributed by atoms with Gasteiger partial charge in [-0.25, -0.2) is 4.98 Å². The van der Waals surface area contributed by atoms with Gasteiger partial charge in [0.1, 0.15) is 5.01 Å². The zero-order valence-corrected chi connectivity index (χ0v) is 11.8. The zero-order valence-electron chi connectivity index (χ0n) is 10.2. The summed E-state index contributed by atoms with van der Waals surface area (Å²) in [6, 6.07) is 8.88. The molecule has 0 amide bonds. The first-order valence-electron chi connectivity index (χ1n) is 6.18. The number of para-hydroxylation sites is 1. The average Bonchev–Trinajstić information content (AvgIpc) is 2.94. The number of fused-ring (bicyclic) bond motifs is 1. The van der Waals surface area contributed by atoms with E-state index >= 15 is 0 Å². The summed E-state index contributed by atoms with van der Waals surface area (Å²) in [5.74, 6) is 0. The van der Waals surface area contributed by atoms with Crippen LogP contribution >= 0.6 is 23.7 Å². The molecule has 1 unspecified atom stereocenters. The number of aromatic nitrogens is 1. The second-order valence-electron chi connectivity index (χ2n) is 4.50. The van der Waals surface area contributed by atoms with Crippen molar-refractivity contribution in [2.45, 2.75) is 18.9 Å². The molecule has 18 heavy (non-hydrogen) atoms. The number of benzene rings is 1. The zero-order chi connectivity index (χ0) is 11.7. The summed E-state index contributed by atoms with van der Waals surface area (Å²) in [5, 5.41) is 1.26. The van der Waals surface area contributed by atoms with Crippen LogP contribution in [0, 0.1) is 0 Å². The van der Waals surface area contributed by atoms with Crippen molar-refractivity contribution in [1.82, 2.24) is 9.88 Å². The second-order valence-corrected chi connectivity index (χ2v) is 5.56. The fraction of sp³-hybridized carbons (Fsp3) is 0.462. The molecule has 0 aliphatic carbocycles. The minimum absolute atomic E-state index is 0. The van der Waals surface area contributed by atoms with Gasteiger partial charge in [0.25, 0.3) is 0 Å². The van der Waals surface area contributed by atoms with E-state index < -0.39 is 0 Å². The first-order valence-corrected chi connectivity index (χ1v) is 7.00. The summed E-state index contributed by atoms with van der Waals surface area (Å²) in [5.41, 5.74) is 6.80.